The van der Waals surface area contributed by atoms with Crippen molar-refractivity contribution in [3.8, 4) is 5.75 Å². The Kier molecular flexibility index (Phi) is 7.10. The van der Waals surface area contributed by atoms with Crippen LogP contribution in [0.25, 0.3) is 6.08 Å². The van der Waals surface area contributed by atoms with Crippen LogP contribution < -0.4 is 10.1 Å². The molecule has 2 aromatic rings. The van der Waals surface area contributed by atoms with E-state index in [1.807, 2.05) is 18.2 Å². The summed E-state index contributed by atoms with van der Waals surface area (Å²) in [6, 6.07) is 15.8. The van der Waals surface area contributed by atoms with Crippen LogP contribution in [0.4, 0.5) is 5.69 Å². The lowest BCUT2D eigenvalue weighted by Crippen LogP contribution is -2.49. The van der Waals surface area contributed by atoms with E-state index in [0.717, 1.165) is 44.2 Å². The minimum Gasteiger partial charge on any atom is -0.495 e. The second-order valence-corrected chi connectivity index (χ2v) is 7.20. The standard InChI is InChI=1S/C21H24ClN3OS/c1-26-20-10-9-18(22)16-19(20)23-21(27)25-14-12-24(13-15-25)11-5-8-17-6-3-2-4-7-17/h2-10,16H,11-15H2,1H3,(H,23,27). The highest BCUT2D eigenvalue weighted by atomic mass is 35.5. The molecule has 0 saturated carbocycles. The fraction of sp³-hybridized carbons (Fsp3) is 0.286. The number of thiocarbonyl (C=S) groups is 1. The molecular formula is C21H24ClN3OS. The minimum absolute atomic E-state index is 0.649. The van der Waals surface area contributed by atoms with Gasteiger partial charge >= 0.3 is 0 Å². The van der Waals surface area contributed by atoms with E-state index in [2.05, 4.69) is 51.5 Å². The quantitative estimate of drug-likeness (QED) is 0.750. The van der Waals surface area contributed by atoms with E-state index in [4.69, 9.17) is 28.6 Å². The Morgan fingerprint density at radius 3 is 2.59 bits per heavy atom. The van der Waals surface area contributed by atoms with Crippen molar-refractivity contribution in [1.82, 2.24) is 9.80 Å². The predicted molar refractivity (Wildman–Crippen MR) is 118 cm³/mol. The zero-order valence-electron chi connectivity index (χ0n) is 15.4. The third kappa shape index (κ3) is 5.70. The number of ether oxygens (including phenoxy) is 1. The van der Waals surface area contributed by atoms with Crippen LogP contribution in [-0.2, 0) is 0 Å². The van der Waals surface area contributed by atoms with E-state index in [9.17, 15) is 0 Å². The van der Waals surface area contributed by atoms with Gasteiger partial charge in [-0.2, -0.15) is 0 Å². The summed E-state index contributed by atoms with van der Waals surface area (Å²) >= 11 is 11.7. The smallest absolute Gasteiger partial charge is 0.173 e. The number of halogens is 1. The Hall–Kier alpha value is -2.08. The molecule has 1 aliphatic heterocycles. The van der Waals surface area contributed by atoms with Crippen molar-refractivity contribution in [2.24, 2.45) is 0 Å². The molecule has 1 fully saturated rings. The molecule has 0 spiro atoms. The van der Waals surface area contributed by atoms with Gasteiger partial charge in [-0.1, -0.05) is 54.1 Å². The SMILES string of the molecule is COc1ccc(Cl)cc1NC(=S)N1CCN(CC=Cc2ccccc2)CC1. The lowest BCUT2D eigenvalue weighted by atomic mass is 10.2. The van der Waals surface area contributed by atoms with Crippen LogP contribution in [0.1, 0.15) is 5.56 Å². The number of nitrogens with zero attached hydrogens (tertiary/aromatic N) is 2. The monoisotopic (exact) mass is 401 g/mol. The number of methoxy groups -OCH3 is 1. The molecule has 6 heteroatoms. The summed E-state index contributed by atoms with van der Waals surface area (Å²) in [5.74, 6) is 0.728. The van der Waals surface area contributed by atoms with Gasteiger partial charge in [-0.05, 0) is 36.0 Å². The van der Waals surface area contributed by atoms with Gasteiger partial charge in [0.05, 0.1) is 12.8 Å². The van der Waals surface area contributed by atoms with Crippen molar-refractivity contribution < 1.29 is 4.74 Å². The Morgan fingerprint density at radius 1 is 1.15 bits per heavy atom. The van der Waals surface area contributed by atoms with Crippen LogP contribution >= 0.6 is 23.8 Å². The van der Waals surface area contributed by atoms with Gasteiger partial charge in [-0.15, -0.1) is 0 Å². The highest BCUT2D eigenvalue weighted by Gasteiger charge is 2.19. The van der Waals surface area contributed by atoms with E-state index in [-0.39, 0.29) is 0 Å². The Labute approximate surface area is 171 Å². The lowest BCUT2D eigenvalue weighted by Gasteiger charge is -2.35. The van der Waals surface area contributed by atoms with Crippen LogP contribution in [-0.4, -0.2) is 54.7 Å². The lowest BCUT2D eigenvalue weighted by molar-refractivity contribution is 0.199. The average molecular weight is 402 g/mol. The van der Waals surface area contributed by atoms with Crippen LogP contribution in [0, 0.1) is 0 Å². The molecule has 0 bridgehead atoms. The second-order valence-electron chi connectivity index (χ2n) is 6.38. The number of hydrogen-bond donors (Lipinski definition) is 1. The van der Waals surface area contributed by atoms with Crippen LogP contribution in [0.2, 0.25) is 5.02 Å². The average Bonchev–Trinajstić information content (AvgIpc) is 2.69. The largest absolute Gasteiger partial charge is 0.495 e. The van der Waals surface area contributed by atoms with Crippen LogP contribution in [0.5, 0.6) is 5.75 Å². The third-order valence-corrected chi connectivity index (χ3v) is 5.13. The second kappa shape index (κ2) is 9.74. The molecule has 4 nitrogen and oxygen atoms in total. The van der Waals surface area contributed by atoms with Gasteiger partial charge in [0.15, 0.2) is 5.11 Å². The molecule has 0 radical (unpaired) electrons. The summed E-state index contributed by atoms with van der Waals surface area (Å²) in [5, 5.41) is 4.62. The molecule has 0 aliphatic carbocycles. The van der Waals surface area contributed by atoms with Gasteiger partial charge in [0.25, 0.3) is 0 Å². The van der Waals surface area contributed by atoms with E-state index >= 15 is 0 Å². The first kappa shape index (κ1) is 19.7. The number of nitrogens with one attached hydrogen (secondary N) is 1. The third-order valence-electron chi connectivity index (χ3n) is 4.54. The molecule has 1 heterocycles. The topological polar surface area (TPSA) is 27.7 Å². The van der Waals surface area contributed by atoms with Crippen molar-refractivity contribution in [3.63, 3.8) is 0 Å². The first-order valence-electron chi connectivity index (χ1n) is 8.99. The molecule has 3 rings (SSSR count). The normalized spacial score (nSPS) is 15.1. The number of piperazine rings is 1. The van der Waals surface area contributed by atoms with Crippen molar-refractivity contribution in [2.75, 3.05) is 45.2 Å². The summed E-state index contributed by atoms with van der Waals surface area (Å²) in [5.41, 5.74) is 2.03. The summed E-state index contributed by atoms with van der Waals surface area (Å²) < 4.78 is 5.37. The van der Waals surface area contributed by atoms with E-state index in [1.54, 1.807) is 13.2 Å². The maximum Gasteiger partial charge on any atom is 0.173 e. The molecular weight excluding hydrogens is 378 g/mol. The summed E-state index contributed by atoms with van der Waals surface area (Å²) in [4.78, 5) is 4.62. The predicted octanol–water partition coefficient (Wildman–Crippen LogP) is 4.38. The maximum atomic E-state index is 6.09. The summed E-state index contributed by atoms with van der Waals surface area (Å²) in [6.07, 6.45) is 4.39. The highest BCUT2D eigenvalue weighted by Crippen LogP contribution is 2.28. The van der Waals surface area contributed by atoms with Crippen molar-refractivity contribution in [1.29, 1.82) is 0 Å². The number of anilines is 1. The zero-order valence-corrected chi connectivity index (χ0v) is 17.0. The molecule has 1 aliphatic rings. The number of benzene rings is 2. The van der Waals surface area contributed by atoms with Gasteiger partial charge in [0.2, 0.25) is 0 Å². The molecule has 0 aromatic heterocycles. The first-order valence-corrected chi connectivity index (χ1v) is 9.78. The Bertz CT molecular complexity index is 789. The van der Waals surface area contributed by atoms with E-state index in [1.165, 1.54) is 5.56 Å². The summed E-state index contributed by atoms with van der Waals surface area (Å²) in [6.45, 7) is 4.70. The Morgan fingerprint density at radius 2 is 1.89 bits per heavy atom. The van der Waals surface area contributed by atoms with E-state index in [0.29, 0.717) is 10.1 Å². The van der Waals surface area contributed by atoms with Gasteiger partial charge in [0, 0.05) is 37.7 Å². The number of rotatable bonds is 5. The highest BCUT2D eigenvalue weighted by molar-refractivity contribution is 7.80. The van der Waals surface area contributed by atoms with Crippen molar-refractivity contribution in [3.05, 3.63) is 65.2 Å². The number of hydrogen-bond acceptors (Lipinski definition) is 3. The first-order chi connectivity index (χ1) is 13.2. The molecule has 0 unspecified atom stereocenters. The summed E-state index contributed by atoms with van der Waals surface area (Å²) in [7, 11) is 1.64. The van der Waals surface area contributed by atoms with Gasteiger partial charge in [0.1, 0.15) is 5.75 Å². The Balaban J connectivity index is 1.48. The van der Waals surface area contributed by atoms with Gasteiger partial charge in [-0.25, -0.2) is 0 Å². The molecule has 142 valence electrons. The van der Waals surface area contributed by atoms with Crippen molar-refractivity contribution in [2.45, 2.75) is 0 Å². The van der Waals surface area contributed by atoms with Gasteiger partial charge < -0.3 is 15.0 Å². The maximum absolute atomic E-state index is 6.09. The van der Waals surface area contributed by atoms with Crippen LogP contribution in [0.3, 0.4) is 0 Å². The molecule has 1 saturated heterocycles. The molecule has 1 N–H and O–H groups in total. The molecule has 2 aromatic carbocycles. The molecule has 0 amide bonds. The molecule has 0 atom stereocenters. The van der Waals surface area contributed by atoms with E-state index < -0.39 is 0 Å². The van der Waals surface area contributed by atoms with Gasteiger partial charge in [-0.3, -0.25) is 4.90 Å². The van der Waals surface area contributed by atoms with Crippen molar-refractivity contribution >= 4 is 40.7 Å². The molecule has 27 heavy (non-hydrogen) atoms. The van der Waals surface area contributed by atoms with Crippen LogP contribution in [0.15, 0.2) is 54.6 Å². The zero-order chi connectivity index (χ0) is 19.1. The minimum atomic E-state index is 0.649. The fourth-order valence-electron chi connectivity index (χ4n) is 3.01. The fourth-order valence-corrected chi connectivity index (χ4v) is 3.47.